The Hall–Kier alpha value is -2.84. The van der Waals surface area contributed by atoms with Crippen molar-refractivity contribution in [3.05, 3.63) is 42.4 Å². The van der Waals surface area contributed by atoms with Gasteiger partial charge < -0.3 is 10.2 Å². The molecular formula is C17H17F3N6. The van der Waals surface area contributed by atoms with Gasteiger partial charge in [-0.2, -0.15) is 27.8 Å². The van der Waals surface area contributed by atoms with Crippen molar-refractivity contribution in [3.8, 4) is 0 Å². The minimum absolute atomic E-state index is 0.104. The Balaban J connectivity index is 1.61. The average molecular weight is 362 g/mol. The zero-order valence-corrected chi connectivity index (χ0v) is 13.9. The van der Waals surface area contributed by atoms with Gasteiger partial charge in [0, 0.05) is 30.5 Å². The maximum Gasteiger partial charge on any atom is 0.433 e. The zero-order chi connectivity index (χ0) is 18.1. The highest BCUT2D eigenvalue weighted by atomic mass is 19.4. The number of nitrogens with zero attached hydrogens (tertiary/aromatic N) is 5. The average Bonchev–Trinajstić information content (AvgIpc) is 3.11. The molecule has 1 aliphatic rings. The lowest BCUT2D eigenvalue weighted by atomic mass is 10.1. The molecule has 136 valence electrons. The van der Waals surface area contributed by atoms with Gasteiger partial charge >= 0.3 is 6.18 Å². The SMILES string of the molecule is FC(F)(F)c1cc(Nc2ccc(N3CCCCC3)cc2)n2ncnc2n1. The van der Waals surface area contributed by atoms with E-state index in [1.807, 2.05) is 24.3 Å². The summed E-state index contributed by atoms with van der Waals surface area (Å²) in [6.07, 6.45) is 0.242. The highest BCUT2D eigenvalue weighted by Crippen LogP contribution is 2.30. The van der Waals surface area contributed by atoms with Crippen molar-refractivity contribution in [3.63, 3.8) is 0 Å². The number of alkyl halides is 3. The van der Waals surface area contributed by atoms with Crippen molar-refractivity contribution in [1.82, 2.24) is 19.6 Å². The van der Waals surface area contributed by atoms with Gasteiger partial charge in [-0.05, 0) is 43.5 Å². The summed E-state index contributed by atoms with van der Waals surface area (Å²) in [7, 11) is 0. The Kier molecular flexibility index (Phi) is 4.14. The molecule has 1 aromatic carbocycles. The van der Waals surface area contributed by atoms with Gasteiger partial charge in [0.05, 0.1) is 0 Å². The van der Waals surface area contributed by atoms with Crippen LogP contribution in [-0.4, -0.2) is 32.7 Å². The molecule has 0 radical (unpaired) electrons. The summed E-state index contributed by atoms with van der Waals surface area (Å²) in [6.45, 7) is 2.07. The van der Waals surface area contributed by atoms with E-state index in [4.69, 9.17) is 0 Å². The normalized spacial score (nSPS) is 15.4. The monoisotopic (exact) mass is 362 g/mol. The molecule has 3 heterocycles. The highest BCUT2D eigenvalue weighted by molar-refractivity contribution is 5.62. The number of hydrogen-bond donors (Lipinski definition) is 1. The van der Waals surface area contributed by atoms with Crippen LogP contribution in [0.5, 0.6) is 0 Å². The van der Waals surface area contributed by atoms with Crippen LogP contribution in [-0.2, 0) is 6.18 Å². The number of anilines is 3. The van der Waals surface area contributed by atoms with E-state index < -0.39 is 11.9 Å². The minimum Gasteiger partial charge on any atom is -0.372 e. The predicted octanol–water partition coefficient (Wildman–Crippen LogP) is 3.88. The first-order valence-electron chi connectivity index (χ1n) is 8.41. The van der Waals surface area contributed by atoms with Crippen LogP contribution in [0.1, 0.15) is 25.0 Å². The van der Waals surface area contributed by atoms with Gasteiger partial charge in [0.1, 0.15) is 12.1 Å². The van der Waals surface area contributed by atoms with Crippen molar-refractivity contribution < 1.29 is 13.2 Å². The van der Waals surface area contributed by atoms with E-state index in [9.17, 15) is 13.2 Å². The molecule has 0 bridgehead atoms. The predicted molar refractivity (Wildman–Crippen MR) is 91.6 cm³/mol. The molecule has 0 atom stereocenters. The van der Waals surface area contributed by atoms with Crippen LogP contribution in [0.4, 0.5) is 30.4 Å². The maximum absolute atomic E-state index is 13.0. The lowest BCUT2D eigenvalue weighted by Crippen LogP contribution is -2.29. The molecule has 3 aromatic rings. The Morgan fingerprint density at radius 2 is 1.73 bits per heavy atom. The fourth-order valence-corrected chi connectivity index (χ4v) is 3.10. The molecule has 0 spiro atoms. The molecule has 26 heavy (non-hydrogen) atoms. The molecule has 0 saturated carbocycles. The van der Waals surface area contributed by atoms with E-state index in [-0.39, 0.29) is 11.6 Å². The quantitative estimate of drug-likeness (QED) is 0.766. The van der Waals surface area contributed by atoms with Crippen molar-refractivity contribution >= 4 is 23.0 Å². The lowest BCUT2D eigenvalue weighted by Gasteiger charge is -2.28. The molecule has 4 rings (SSSR count). The van der Waals surface area contributed by atoms with Crippen LogP contribution in [0.25, 0.3) is 5.78 Å². The third-order valence-corrected chi connectivity index (χ3v) is 4.40. The number of fused-ring (bicyclic) bond motifs is 1. The first-order valence-corrected chi connectivity index (χ1v) is 8.41. The summed E-state index contributed by atoms with van der Waals surface area (Å²) in [5.74, 6) is 0.0535. The molecule has 2 aromatic heterocycles. The fourth-order valence-electron chi connectivity index (χ4n) is 3.10. The summed E-state index contributed by atoms with van der Waals surface area (Å²) in [5, 5.41) is 6.91. The van der Waals surface area contributed by atoms with Crippen molar-refractivity contribution in [2.75, 3.05) is 23.3 Å². The third kappa shape index (κ3) is 3.29. The summed E-state index contributed by atoms with van der Waals surface area (Å²) >= 11 is 0. The lowest BCUT2D eigenvalue weighted by molar-refractivity contribution is -0.141. The third-order valence-electron chi connectivity index (χ3n) is 4.40. The topological polar surface area (TPSA) is 58.4 Å². The maximum atomic E-state index is 13.0. The summed E-state index contributed by atoms with van der Waals surface area (Å²) < 4.78 is 40.4. The molecule has 9 heteroatoms. The van der Waals surface area contributed by atoms with Gasteiger partial charge in [0.25, 0.3) is 5.78 Å². The second kappa shape index (κ2) is 6.47. The molecule has 1 N–H and O–H groups in total. The first-order chi connectivity index (χ1) is 12.5. The van der Waals surface area contributed by atoms with Crippen molar-refractivity contribution in [1.29, 1.82) is 0 Å². The van der Waals surface area contributed by atoms with E-state index in [1.54, 1.807) is 0 Å². The Bertz CT molecular complexity index is 897. The van der Waals surface area contributed by atoms with Gasteiger partial charge in [-0.1, -0.05) is 0 Å². The van der Waals surface area contributed by atoms with Crippen molar-refractivity contribution in [2.24, 2.45) is 0 Å². The molecule has 1 aliphatic heterocycles. The largest absolute Gasteiger partial charge is 0.433 e. The molecule has 0 unspecified atom stereocenters. The van der Waals surface area contributed by atoms with E-state index in [0.717, 1.165) is 24.8 Å². The molecule has 6 nitrogen and oxygen atoms in total. The summed E-state index contributed by atoms with van der Waals surface area (Å²) in [5.41, 5.74) is 0.777. The second-order valence-corrected chi connectivity index (χ2v) is 6.22. The van der Waals surface area contributed by atoms with E-state index in [2.05, 4.69) is 25.3 Å². The van der Waals surface area contributed by atoms with Crippen LogP contribution in [0.3, 0.4) is 0 Å². The standard InChI is InChI=1S/C17H17F3N6/c18-17(19,20)14-10-15(26-16(24-14)21-11-22-26)23-12-4-6-13(7-5-12)25-8-2-1-3-9-25/h4-7,10-11,23H,1-3,8-9H2. The van der Waals surface area contributed by atoms with Crippen molar-refractivity contribution in [2.45, 2.75) is 25.4 Å². The van der Waals surface area contributed by atoms with Gasteiger partial charge in [-0.3, -0.25) is 0 Å². The summed E-state index contributed by atoms with van der Waals surface area (Å²) in [6, 6.07) is 8.57. The molecule has 0 amide bonds. The van der Waals surface area contributed by atoms with Crippen LogP contribution in [0, 0.1) is 0 Å². The Morgan fingerprint density at radius 3 is 2.42 bits per heavy atom. The van der Waals surface area contributed by atoms with E-state index in [0.29, 0.717) is 5.69 Å². The Labute approximate surface area is 147 Å². The molecule has 0 aliphatic carbocycles. The van der Waals surface area contributed by atoms with Crippen LogP contribution >= 0.6 is 0 Å². The van der Waals surface area contributed by atoms with Gasteiger partial charge in [0.15, 0.2) is 5.69 Å². The Morgan fingerprint density at radius 1 is 1.00 bits per heavy atom. The molecule has 1 saturated heterocycles. The zero-order valence-electron chi connectivity index (χ0n) is 13.9. The molecular weight excluding hydrogens is 345 g/mol. The minimum atomic E-state index is -4.55. The van der Waals surface area contributed by atoms with Gasteiger partial charge in [0.2, 0.25) is 0 Å². The number of piperidine rings is 1. The number of nitrogens with one attached hydrogen (secondary N) is 1. The number of halogens is 3. The second-order valence-electron chi connectivity index (χ2n) is 6.22. The van der Waals surface area contributed by atoms with E-state index >= 15 is 0 Å². The van der Waals surface area contributed by atoms with Crippen LogP contribution in [0.15, 0.2) is 36.7 Å². The van der Waals surface area contributed by atoms with Crippen LogP contribution < -0.4 is 10.2 Å². The van der Waals surface area contributed by atoms with Gasteiger partial charge in [-0.15, -0.1) is 0 Å². The number of benzene rings is 1. The number of rotatable bonds is 3. The fraction of sp³-hybridized carbons (Fsp3) is 0.353. The smallest absolute Gasteiger partial charge is 0.372 e. The number of hydrogen-bond acceptors (Lipinski definition) is 5. The highest BCUT2D eigenvalue weighted by Gasteiger charge is 2.34. The van der Waals surface area contributed by atoms with Gasteiger partial charge in [-0.25, -0.2) is 4.98 Å². The summed E-state index contributed by atoms with van der Waals surface area (Å²) in [4.78, 5) is 9.58. The van der Waals surface area contributed by atoms with Crippen LogP contribution in [0.2, 0.25) is 0 Å². The van der Waals surface area contributed by atoms with E-state index in [1.165, 1.54) is 30.1 Å². The number of aromatic nitrogens is 4. The first kappa shape index (κ1) is 16.6. The molecule has 1 fully saturated rings.